The number of hydrogen-bond donors (Lipinski definition) is 2. The Labute approximate surface area is 152 Å². The molecule has 1 fully saturated rings. The van der Waals surface area contributed by atoms with Gasteiger partial charge in [0.2, 0.25) is 5.91 Å². The molecule has 1 aromatic carbocycles. The van der Waals surface area contributed by atoms with Crippen molar-refractivity contribution in [3.8, 4) is 0 Å². The lowest BCUT2D eigenvalue weighted by molar-refractivity contribution is -0.136. The highest BCUT2D eigenvalue weighted by atomic mass is 32.2. The van der Waals surface area contributed by atoms with Crippen LogP contribution in [0, 0.1) is 0 Å². The third kappa shape index (κ3) is 6.70. The first-order valence-electron chi connectivity index (χ1n) is 8.27. The van der Waals surface area contributed by atoms with Crippen LogP contribution in [0.25, 0.3) is 0 Å². The smallest absolute Gasteiger partial charge is 0.304 e. The summed E-state index contributed by atoms with van der Waals surface area (Å²) in [6, 6.07) is 7.17. The number of carbonyl (C=O) groups is 2. The van der Waals surface area contributed by atoms with Crippen LogP contribution in [0.1, 0.15) is 37.7 Å². The average molecular weight is 386 g/mol. The number of thioether (sulfide) groups is 1. The normalized spacial score (nSPS) is 15.2. The van der Waals surface area contributed by atoms with Crippen molar-refractivity contribution in [1.82, 2.24) is 0 Å². The highest BCUT2D eigenvalue weighted by molar-refractivity contribution is 7.98. The Kier molecular flexibility index (Phi) is 7.31. The molecule has 1 aliphatic carbocycles. The van der Waals surface area contributed by atoms with Crippen LogP contribution in [0.15, 0.2) is 24.3 Å². The molecule has 1 aromatic rings. The van der Waals surface area contributed by atoms with E-state index in [9.17, 15) is 18.0 Å². The minimum atomic E-state index is -3.39. The number of carboxylic acids is 1. The van der Waals surface area contributed by atoms with Crippen LogP contribution in [-0.2, 0) is 25.2 Å². The van der Waals surface area contributed by atoms with Gasteiger partial charge >= 0.3 is 5.97 Å². The van der Waals surface area contributed by atoms with E-state index in [2.05, 4.69) is 5.32 Å². The van der Waals surface area contributed by atoms with E-state index >= 15 is 0 Å². The molecule has 0 unspecified atom stereocenters. The van der Waals surface area contributed by atoms with E-state index in [0.717, 1.165) is 18.4 Å². The third-order valence-corrected chi connectivity index (χ3v) is 7.26. The molecule has 0 aromatic heterocycles. The maximum Gasteiger partial charge on any atom is 0.304 e. The van der Waals surface area contributed by atoms with Gasteiger partial charge in [0.1, 0.15) is 5.75 Å². The van der Waals surface area contributed by atoms with Gasteiger partial charge in [0.15, 0.2) is 9.84 Å². The molecule has 2 N–H and O–H groups in total. The van der Waals surface area contributed by atoms with Gasteiger partial charge in [-0.15, -0.1) is 0 Å². The van der Waals surface area contributed by atoms with Crippen LogP contribution in [-0.4, -0.2) is 42.2 Å². The van der Waals surface area contributed by atoms with E-state index in [1.165, 1.54) is 11.8 Å². The number of hydrogen-bond acceptors (Lipinski definition) is 5. The van der Waals surface area contributed by atoms with Gasteiger partial charge in [0, 0.05) is 17.2 Å². The van der Waals surface area contributed by atoms with Gasteiger partial charge in [-0.3, -0.25) is 9.59 Å². The van der Waals surface area contributed by atoms with Crippen molar-refractivity contribution in [1.29, 1.82) is 0 Å². The Morgan fingerprint density at radius 1 is 1.24 bits per heavy atom. The first kappa shape index (κ1) is 19.8. The molecule has 0 atom stereocenters. The number of aliphatic carboxylic acids is 1. The fourth-order valence-electron chi connectivity index (χ4n) is 2.83. The first-order valence-corrected chi connectivity index (χ1v) is 11.1. The van der Waals surface area contributed by atoms with Gasteiger partial charge in [-0.1, -0.05) is 25.0 Å². The number of nitrogens with one attached hydrogen (secondary N) is 1. The van der Waals surface area contributed by atoms with E-state index in [1.54, 1.807) is 18.2 Å². The second-order valence-electron chi connectivity index (χ2n) is 6.16. The predicted octanol–water partition coefficient (Wildman–Crippen LogP) is 2.69. The van der Waals surface area contributed by atoms with Crippen molar-refractivity contribution in [2.75, 3.05) is 16.8 Å². The maximum atomic E-state index is 12.2. The Balaban J connectivity index is 1.86. The van der Waals surface area contributed by atoms with Crippen LogP contribution in [0.5, 0.6) is 0 Å². The molecule has 1 aliphatic rings. The molecule has 25 heavy (non-hydrogen) atoms. The summed E-state index contributed by atoms with van der Waals surface area (Å²) < 4.78 is 24.4. The Bertz CT molecular complexity index is 712. The highest BCUT2D eigenvalue weighted by Crippen LogP contribution is 2.25. The van der Waals surface area contributed by atoms with Crippen LogP contribution < -0.4 is 5.32 Å². The molecule has 0 aliphatic heterocycles. The lowest BCUT2D eigenvalue weighted by atomic mass is 10.2. The summed E-state index contributed by atoms with van der Waals surface area (Å²) in [6.45, 7) is 0. The zero-order valence-electron chi connectivity index (χ0n) is 13.9. The number of sulfone groups is 1. The maximum absolute atomic E-state index is 12.2. The summed E-state index contributed by atoms with van der Waals surface area (Å²) in [5.41, 5.74) is 1.51. The van der Waals surface area contributed by atoms with Crippen molar-refractivity contribution in [3.05, 3.63) is 29.8 Å². The lowest BCUT2D eigenvalue weighted by Crippen LogP contribution is -2.29. The van der Waals surface area contributed by atoms with Crippen molar-refractivity contribution < 1.29 is 23.1 Å². The number of amides is 1. The number of rotatable bonds is 9. The Hall–Kier alpha value is -1.54. The van der Waals surface area contributed by atoms with Crippen LogP contribution in [0.3, 0.4) is 0 Å². The summed E-state index contributed by atoms with van der Waals surface area (Å²) in [4.78, 5) is 22.6. The number of carbonyl (C=O) groups excluding carboxylic acids is 1. The van der Waals surface area contributed by atoms with Crippen molar-refractivity contribution in [2.45, 2.75) is 43.1 Å². The number of carboxylic acid groups (broad SMARTS) is 1. The highest BCUT2D eigenvalue weighted by Gasteiger charge is 2.30. The summed E-state index contributed by atoms with van der Waals surface area (Å²) in [5, 5.41) is 10.9. The molecule has 1 saturated carbocycles. The summed E-state index contributed by atoms with van der Waals surface area (Å²) in [6.07, 6.45) is 3.23. The molecular formula is C17H23NO5S2. The number of anilines is 1. The van der Waals surface area contributed by atoms with Crippen LogP contribution in [0.4, 0.5) is 5.69 Å². The predicted molar refractivity (Wildman–Crippen MR) is 99.5 cm³/mol. The molecule has 2 rings (SSSR count). The zero-order chi connectivity index (χ0) is 18.3. The van der Waals surface area contributed by atoms with E-state index in [1.807, 2.05) is 6.07 Å². The van der Waals surface area contributed by atoms with E-state index in [0.29, 0.717) is 30.0 Å². The fourth-order valence-corrected chi connectivity index (χ4v) is 5.44. The molecule has 138 valence electrons. The van der Waals surface area contributed by atoms with Gasteiger partial charge in [0.05, 0.1) is 11.7 Å². The summed E-state index contributed by atoms with van der Waals surface area (Å²) in [7, 11) is -3.39. The molecule has 0 radical (unpaired) electrons. The molecule has 0 spiro atoms. The van der Waals surface area contributed by atoms with Crippen molar-refractivity contribution in [2.24, 2.45) is 0 Å². The molecule has 0 bridgehead atoms. The van der Waals surface area contributed by atoms with Crippen LogP contribution >= 0.6 is 11.8 Å². The third-order valence-electron chi connectivity index (χ3n) is 4.08. The van der Waals surface area contributed by atoms with E-state index < -0.39 is 27.5 Å². The van der Waals surface area contributed by atoms with Gasteiger partial charge in [0.25, 0.3) is 0 Å². The minimum Gasteiger partial charge on any atom is -0.481 e. The molecule has 8 heteroatoms. The Morgan fingerprint density at radius 3 is 2.64 bits per heavy atom. The average Bonchev–Trinajstić information content (AvgIpc) is 3.06. The number of benzene rings is 1. The van der Waals surface area contributed by atoms with Crippen molar-refractivity contribution in [3.63, 3.8) is 0 Å². The minimum absolute atomic E-state index is 0.111. The molecular weight excluding hydrogens is 362 g/mol. The molecule has 0 saturated heterocycles. The standard InChI is InChI=1S/C17H23NO5S2/c19-16(12-25(22,23)15-6-1-2-7-15)18-14-5-3-4-13(10-14)11-24-9-8-17(20)21/h3-5,10,15H,1-2,6-9,11-12H2,(H,18,19)(H,20,21). The van der Waals surface area contributed by atoms with Gasteiger partial charge in [-0.2, -0.15) is 11.8 Å². The van der Waals surface area contributed by atoms with Gasteiger partial charge < -0.3 is 10.4 Å². The van der Waals surface area contributed by atoms with Crippen molar-refractivity contribution >= 4 is 39.2 Å². The zero-order valence-corrected chi connectivity index (χ0v) is 15.6. The lowest BCUT2D eigenvalue weighted by Gasteiger charge is -2.11. The van der Waals surface area contributed by atoms with Crippen LogP contribution in [0.2, 0.25) is 0 Å². The second kappa shape index (κ2) is 9.24. The first-order chi connectivity index (χ1) is 11.9. The Morgan fingerprint density at radius 2 is 1.96 bits per heavy atom. The quantitative estimate of drug-likeness (QED) is 0.634. The monoisotopic (exact) mass is 385 g/mol. The topological polar surface area (TPSA) is 101 Å². The summed E-state index contributed by atoms with van der Waals surface area (Å²) in [5.74, 6) is -0.655. The van der Waals surface area contributed by atoms with Gasteiger partial charge in [-0.05, 0) is 30.5 Å². The van der Waals surface area contributed by atoms with Gasteiger partial charge in [-0.25, -0.2) is 8.42 Å². The SMILES string of the molecule is O=C(O)CCSCc1cccc(NC(=O)CS(=O)(=O)C2CCCC2)c1. The fraction of sp³-hybridized carbons (Fsp3) is 0.529. The summed E-state index contributed by atoms with van der Waals surface area (Å²) >= 11 is 1.50. The molecule has 6 nitrogen and oxygen atoms in total. The van der Waals surface area contributed by atoms with E-state index in [-0.39, 0.29) is 11.7 Å². The largest absolute Gasteiger partial charge is 0.481 e. The second-order valence-corrected chi connectivity index (χ2v) is 9.54. The molecule has 1 amide bonds. The van der Waals surface area contributed by atoms with E-state index in [4.69, 9.17) is 5.11 Å². The molecule has 0 heterocycles.